The lowest BCUT2D eigenvalue weighted by atomic mass is 10.2. The molecule has 0 aliphatic rings. The number of rotatable bonds is 4. The van der Waals surface area contributed by atoms with Crippen molar-refractivity contribution in [2.45, 2.75) is 4.90 Å². The summed E-state index contributed by atoms with van der Waals surface area (Å²) in [5, 5.41) is 3.27. The van der Waals surface area contributed by atoms with Crippen LogP contribution in [0.5, 0.6) is 0 Å². The molecule has 0 spiro atoms. The van der Waals surface area contributed by atoms with Crippen molar-refractivity contribution in [3.8, 4) is 0 Å². The molecule has 0 amide bonds. The zero-order chi connectivity index (χ0) is 13.0. The Bertz CT molecular complexity index is 570. The fourth-order valence-corrected chi connectivity index (χ4v) is 2.22. The van der Waals surface area contributed by atoms with Crippen molar-refractivity contribution in [1.82, 2.24) is 4.98 Å². The predicted molar refractivity (Wildman–Crippen MR) is 81.6 cm³/mol. The number of aromatic nitrogens is 1. The molecule has 0 saturated carbocycles. The summed E-state index contributed by atoms with van der Waals surface area (Å²) in [7, 11) is 0. The first-order valence-corrected chi connectivity index (χ1v) is 7.00. The second-order valence-corrected chi connectivity index (χ2v) is 4.91. The Morgan fingerprint density at radius 3 is 2.83 bits per heavy atom. The summed E-state index contributed by atoms with van der Waals surface area (Å²) in [6.45, 7) is 0. The third-order valence-corrected chi connectivity index (χ3v) is 3.45. The Hall–Kier alpha value is -1.59. The number of para-hydroxylation sites is 1. The van der Waals surface area contributed by atoms with Crippen molar-refractivity contribution >= 4 is 40.5 Å². The van der Waals surface area contributed by atoms with Gasteiger partial charge >= 0.3 is 0 Å². The molecule has 0 atom stereocenters. The molecule has 0 fully saturated rings. The number of nitrogens with one attached hydrogen (secondary N) is 1. The van der Waals surface area contributed by atoms with Crippen LogP contribution in [0.4, 0.5) is 11.5 Å². The van der Waals surface area contributed by atoms with Crippen LogP contribution in [0.25, 0.3) is 0 Å². The summed E-state index contributed by atoms with van der Waals surface area (Å²) in [6.07, 6.45) is 3.73. The molecule has 2 rings (SSSR count). The van der Waals surface area contributed by atoms with Gasteiger partial charge < -0.3 is 11.1 Å². The van der Waals surface area contributed by atoms with Crippen LogP contribution in [0.2, 0.25) is 0 Å². The van der Waals surface area contributed by atoms with E-state index in [0.29, 0.717) is 4.99 Å². The van der Waals surface area contributed by atoms with Crippen molar-refractivity contribution in [3.63, 3.8) is 0 Å². The van der Waals surface area contributed by atoms with Crippen LogP contribution < -0.4 is 11.1 Å². The fraction of sp³-hybridized carbons (Fsp3) is 0.0769. The molecular formula is C13H13N3S2. The van der Waals surface area contributed by atoms with Crippen molar-refractivity contribution in [1.29, 1.82) is 0 Å². The van der Waals surface area contributed by atoms with E-state index in [4.69, 9.17) is 18.0 Å². The van der Waals surface area contributed by atoms with Gasteiger partial charge in [-0.15, -0.1) is 11.8 Å². The second kappa shape index (κ2) is 5.84. The van der Waals surface area contributed by atoms with Crippen molar-refractivity contribution in [2.24, 2.45) is 5.73 Å². The van der Waals surface area contributed by atoms with E-state index in [1.165, 1.54) is 4.90 Å². The molecule has 92 valence electrons. The summed E-state index contributed by atoms with van der Waals surface area (Å²) in [6, 6.07) is 11.7. The van der Waals surface area contributed by atoms with Crippen LogP contribution in [0, 0.1) is 0 Å². The highest BCUT2D eigenvalue weighted by atomic mass is 32.2. The summed E-state index contributed by atoms with van der Waals surface area (Å²) < 4.78 is 0. The van der Waals surface area contributed by atoms with Crippen LogP contribution in [0.15, 0.2) is 47.5 Å². The molecule has 0 bridgehead atoms. The van der Waals surface area contributed by atoms with Gasteiger partial charge in [0, 0.05) is 16.7 Å². The number of nitrogens with zero attached hydrogens (tertiary/aromatic N) is 1. The van der Waals surface area contributed by atoms with Gasteiger partial charge in [-0.05, 0) is 30.5 Å². The third-order valence-electron chi connectivity index (χ3n) is 2.41. The summed E-state index contributed by atoms with van der Waals surface area (Å²) >= 11 is 6.64. The quantitative estimate of drug-likeness (QED) is 0.663. The molecule has 0 saturated heterocycles. The van der Waals surface area contributed by atoms with Crippen LogP contribution >= 0.6 is 24.0 Å². The molecule has 5 heteroatoms. The van der Waals surface area contributed by atoms with E-state index in [2.05, 4.69) is 16.4 Å². The number of anilines is 2. The highest BCUT2D eigenvalue weighted by Crippen LogP contribution is 2.27. The Morgan fingerprint density at radius 2 is 2.11 bits per heavy atom. The monoisotopic (exact) mass is 275 g/mol. The minimum atomic E-state index is 0.374. The van der Waals surface area contributed by atoms with Gasteiger partial charge in [0.1, 0.15) is 10.8 Å². The number of benzene rings is 1. The molecule has 2 aromatic rings. The largest absolute Gasteiger partial charge is 0.389 e. The number of nitrogens with two attached hydrogens (primary N) is 1. The summed E-state index contributed by atoms with van der Waals surface area (Å²) in [5.41, 5.74) is 7.44. The number of hydrogen-bond acceptors (Lipinski definition) is 4. The van der Waals surface area contributed by atoms with E-state index in [9.17, 15) is 0 Å². The van der Waals surface area contributed by atoms with E-state index in [0.717, 1.165) is 17.1 Å². The van der Waals surface area contributed by atoms with Gasteiger partial charge in [-0.2, -0.15) is 0 Å². The second-order valence-electron chi connectivity index (χ2n) is 3.62. The maximum absolute atomic E-state index is 5.60. The molecule has 0 radical (unpaired) electrons. The summed E-state index contributed by atoms with van der Waals surface area (Å²) in [5.74, 6) is 0.738. The zero-order valence-corrected chi connectivity index (χ0v) is 11.5. The average Bonchev–Trinajstić information content (AvgIpc) is 2.39. The minimum Gasteiger partial charge on any atom is -0.389 e. The third kappa shape index (κ3) is 3.00. The van der Waals surface area contributed by atoms with Crippen molar-refractivity contribution in [2.75, 3.05) is 11.6 Å². The fourth-order valence-electron chi connectivity index (χ4n) is 1.54. The Kier molecular flexibility index (Phi) is 4.17. The molecule has 1 aromatic carbocycles. The lowest BCUT2D eigenvalue weighted by Crippen LogP contribution is -2.09. The molecule has 0 aliphatic heterocycles. The lowest BCUT2D eigenvalue weighted by Gasteiger charge is -2.10. The van der Waals surface area contributed by atoms with Gasteiger partial charge in [-0.3, -0.25) is 0 Å². The Morgan fingerprint density at radius 1 is 1.33 bits per heavy atom. The van der Waals surface area contributed by atoms with Crippen molar-refractivity contribution in [3.05, 3.63) is 48.2 Å². The Labute approximate surface area is 116 Å². The molecule has 3 N–H and O–H groups in total. The van der Waals surface area contributed by atoms with Crippen LogP contribution in [0.1, 0.15) is 5.56 Å². The van der Waals surface area contributed by atoms with Gasteiger partial charge in [0.25, 0.3) is 0 Å². The molecule has 1 heterocycles. The van der Waals surface area contributed by atoms with E-state index in [-0.39, 0.29) is 0 Å². The molecule has 1 aromatic heterocycles. The van der Waals surface area contributed by atoms with Gasteiger partial charge in [-0.25, -0.2) is 4.98 Å². The average molecular weight is 275 g/mol. The molecule has 3 nitrogen and oxygen atoms in total. The van der Waals surface area contributed by atoms with Crippen LogP contribution in [-0.4, -0.2) is 16.2 Å². The van der Waals surface area contributed by atoms with Crippen LogP contribution in [-0.2, 0) is 0 Å². The lowest BCUT2D eigenvalue weighted by molar-refractivity contribution is 1.28. The first kappa shape index (κ1) is 12.9. The first-order valence-electron chi connectivity index (χ1n) is 5.36. The highest BCUT2D eigenvalue weighted by molar-refractivity contribution is 7.98. The molecular weight excluding hydrogens is 262 g/mol. The zero-order valence-electron chi connectivity index (χ0n) is 9.88. The minimum absolute atomic E-state index is 0.374. The SMILES string of the molecule is CSc1ccccc1Nc1cc(C(N)=S)ccn1. The maximum Gasteiger partial charge on any atom is 0.131 e. The maximum atomic E-state index is 5.60. The molecule has 0 aliphatic carbocycles. The smallest absolute Gasteiger partial charge is 0.131 e. The van der Waals surface area contributed by atoms with Crippen LogP contribution in [0.3, 0.4) is 0 Å². The van der Waals surface area contributed by atoms with Gasteiger partial charge in [0.05, 0.1) is 5.69 Å². The number of pyridine rings is 1. The predicted octanol–water partition coefficient (Wildman–Crippen LogP) is 3.18. The molecule has 0 unspecified atom stereocenters. The number of thioether (sulfide) groups is 1. The van der Waals surface area contributed by atoms with E-state index >= 15 is 0 Å². The first-order chi connectivity index (χ1) is 8.70. The standard InChI is InChI=1S/C13H13N3S2/c1-18-11-5-3-2-4-10(11)16-12-8-9(13(14)17)6-7-15-12/h2-8H,1H3,(H2,14,17)(H,15,16). The summed E-state index contributed by atoms with van der Waals surface area (Å²) in [4.78, 5) is 5.80. The Balaban J connectivity index is 2.28. The van der Waals surface area contributed by atoms with E-state index in [1.54, 1.807) is 24.0 Å². The number of hydrogen-bond donors (Lipinski definition) is 2. The van der Waals surface area contributed by atoms with Gasteiger partial charge in [0.15, 0.2) is 0 Å². The van der Waals surface area contributed by atoms with Gasteiger partial charge in [0.2, 0.25) is 0 Å². The number of thiocarbonyl (C=S) groups is 1. The normalized spacial score (nSPS) is 10.1. The van der Waals surface area contributed by atoms with Crippen molar-refractivity contribution < 1.29 is 0 Å². The topological polar surface area (TPSA) is 50.9 Å². The van der Waals surface area contributed by atoms with Gasteiger partial charge in [-0.1, -0.05) is 24.4 Å². The van der Waals surface area contributed by atoms with E-state index in [1.807, 2.05) is 30.5 Å². The van der Waals surface area contributed by atoms with E-state index < -0.39 is 0 Å². The molecule has 18 heavy (non-hydrogen) atoms. The highest BCUT2D eigenvalue weighted by Gasteiger charge is 2.03.